The smallest absolute Gasteiger partial charge is 0.332 e. The summed E-state index contributed by atoms with van der Waals surface area (Å²) in [5.74, 6) is 1.06. The van der Waals surface area contributed by atoms with E-state index in [-0.39, 0.29) is 34.7 Å². The van der Waals surface area contributed by atoms with Gasteiger partial charge in [-0.05, 0) is 47.2 Å². The molecule has 19 nitrogen and oxygen atoms in total. The minimum atomic E-state index is -0.417. The van der Waals surface area contributed by atoms with Gasteiger partial charge in [0.1, 0.15) is 5.82 Å². The number of hydrogen-bond donors (Lipinski definition) is 2. The Morgan fingerprint density at radius 2 is 0.971 bits per heavy atom. The third kappa shape index (κ3) is 9.55. The van der Waals surface area contributed by atoms with Crippen LogP contribution in [0, 0.1) is 15.9 Å². The van der Waals surface area contributed by atoms with E-state index in [4.69, 9.17) is 9.97 Å². The first-order valence-electron chi connectivity index (χ1n) is 23.1. The standard InChI is InChI=1S/C25H27FN6O2.C25H27N7O4/c1-29-22-21(23(33)30(2)25(29)34)32(15-18-6-4-3-5-7-18)24(28-22)31-13-12-27-20(16-31)14-17-8-10-19(26)11-9-17;1-28-22-21(23(33)29(2)25(28)34)31(15-18-6-4-3-5-7-18)24(27-22)30-13-12-26-19(16-30)14-17-8-10-20(11-9-17)32(35)36/h3-11,20,27H,12-16H2,1-2H3;3-11,19,26H,12-16H2,1-2H3/t20-;19-/m11/s1. The summed E-state index contributed by atoms with van der Waals surface area (Å²) in [5.41, 5.74) is 4.17. The number of non-ortho nitro benzene ring substituents is 1. The number of aromatic nitrogens is 8. The summed E-state index contributed by atoms with van der Waals surface area (Å²) in [6.45, 7) is 5.06. The number of anilines is 2. The first-order chi connectivity index (χ1) is 33.7. The Labute approximate surface area is 400 Å². The predicted molar refractivity (Wildman–Crippen MR) is 266 cm³/mol. The third-order valence-electron chi connectivity index (χ3n) is 13.1. The number of nitrogens with one attached hydrogen (secondary N) is 2. The Kier molecular flexibility index (Phi) is 13.4. The van der Waals surface area contributed by atoms with E-state index in [1.165, 1.54) is 47.5 Å². The van der Waals surface area contributed by atoms with Gasteiger partial charge in [-0.1, -0.05) is 84.9 Å². The number of piperazine rings is 2. The van der Waals surface area contributed by atoms with Crippen LogP contribution in [-0.2, 0) is 54.1 Å². The molecule has 2 N–H and O–H groups in total. The Morgan fingerprint density at radius 1 is 0.571 bits per heavy atom. The normalized spacial score (nSPS) is 16.1. The van der Waals surface area contributed by atoms with Gasteiger partial charge >= 0.3 is 11.4 Å². The van der Waals surface area contributed by atoms with Crippen LogP contribution >= 0.6 is 0 Å². The second kappa shape index (κ2) is 19.9. The number of rotatable bonds is 11. The van der Waals surface area contributed by atoms with Crippen LogP contribution in [-0.4, -0.2) is 93.6 Å². The van der Waals surface area contributed by atoms with Gasteiger partial charge in [0.05, 0.1) is 18.0 Å². The average Bonchev–Trinajstić information content (AvgIpc) is 3.95. The van der Waals surface area contributed by atoms with Gasteiger partial charge in [-0.15, -0.1) is 0 Å². The summed E-state index contributed by atoms with van der Waals surface area (Å²) in [7, 11) is 6.24. The van der Waals surface area contributed by atoms with Gasteiger partial charge in [0, 0.05) is 91.7 Å². The van der Waals surface area contributed by atoms with E-state index >= 15 is 0 Å². The molecule has 2 atom stereocenters. The molecule has 0 aliphatic carbocycles. The van der Waals surface area contributed by atoms with E-state index in [0.717, 1.165) is 44.4 Å². The quantitative estimate of drug-likeness (QED) is 0.142. The molecule has 0 unspecified atom stereocenters. The van der Waals surface area contributed by atoms with E-state index in [9.17, 15) is 33.7 Å². The van der Waals surface area contributed by atoms with Gasteiger partial charge in [-0.25, -0.2) is 14.0 Å². The van der Waals surface area contributed by atoms with Crippen molar-refractivity contribution < 1.29 is 9.31 Å². The summed E-state index contributed by atoms with van der Waals surface area (Å²) >= 11 is 0. The molecule has 10 rings (SSSR count). The number of nitro groups is 1. The molecule has 4 aromatic heterocycles. The van der Waals surface area contributed by atoms with E-state index in [1.54, 1.807) is 38.4 Å². The molecule has 0 bridgehead atoms. The van der Waals surface area contributed by atoms with Gasteiger partial charge in [0.25, 0.3) is 16.8 Å². The van der Waals surface area contributed by atoms with E-state index < -0.39 is 16.3 Å². The van der Waals surface area contributed by atoms with Gasteiger partial charge in [-0.3, -0.25) is 47.1 Å². The maximum absolute atomic E-state index is 13.3. The molecule has 362 valence electrons. The van der Waals surface area contributed by atoms with Crippen LogP contribution in [0.4, 0.5) is 22.0 Å². The Bertz CT molecular complexity index is 3440. The number of nitro benzene ring substituents is 1. The number of nitrogens with zero attached hydrogens (tertiary/aromatic N) is 11. The number of imidazole rings is 2. The van der Waals surface area contributed by atoms with Crippen molar-refractivity contribution in [3.8, 4) is 0 Å². The highest BCUT2D eigenvalue weighted by Gasteiger charge is 2.29. The first-order valence-corrected chi connectivity index (χ1v) is 23.1. The lowest BCUT2D eigenvalue weighted by Crippen LogP contribution is -2.52. The molecule has 70 heavy (non-hydrogen) atoms. The van der Waals surface area contributed by atoms with E-state index in [0.29, 0.717) is 86.5 Å². The molecule has 0 spiro atoms. The van der Waals surface area contributed by atoms with Crippen LogP contribution in [0.1, 0.15) is 22.3 Å². The molecule has 0 radical (unpaired) electrons. The van der Waals surface area contributed by atoms with Gasteiger partial charge < -0.3 is 20.4 Å². The molecular formula is C50H54FN13O6. The number of fused-ring (bicyclic) bond motifs is 2. The second-order valence-electron chi connectivity index (χ2n) is 17.9. The van der Waals surface area contributed by atoms with Crippen LogP contribution in [0.3, 0.4) is 0 Å². The Balaban J connectivity index is 0.000000174. The molecule has 2 fully saturated rings. The van der Waals surface area contributed by atoms with Crippen LogP contribution in [0.25, 0.3) is 22.3 Å². The average molecular weight is 952 g/mol. The summed E-state index contributed by atoms with van der Waals surface area (Å²) in [4.78, 5) is 76.0. The molecule has 0 amide bonds. The third-order valence-corrected chi connectivity index (χ3v) is 13.1. The van der Waals surface area contributed by atoms with Crippen molar-refractivity contribution in [1.29, 1.82) is 0 Å². The Hall–Kier alpha value is -7.97. The lowest BCUT2D eigenvalue weighted by molar-refractivity contribution is -0.384. The summed E-state index contributed by atoms with van der Waals surface area (Å²) in [6, 6.07) is 33.1. The fourth-order valence-electron chi connectivity index (χ4n) is 9.42. The largest absolute Gasteiger partial charge is 0.339 e. The lowest BCUT2D eigenvalue weighted by atomic mass is 10.0. The van der Waals surface area contributed by atoms with Crippen LogP contribution in [0.15, 0.2) is 128 Å². The molecular weight excluding hydrogens is 898 g/mol. The van der Waals surface area contributed by atoms with Crippen LogP contribution < -0.4 is 42.9 Å². The molecule has 20 heteroatoms. The summed E-state index contributed by atoms with van der Waals surface area (Å²) in [6.07, 6.45) is 1.43. The number of benzene rings is 4. The molecule has 2 saturated heterocycles. The van der Waals surface area contributed by atoms with Crippen molar-refractivity contribution in [1.82, 2.24) is 48.0 Å². The number of halogens is 1. The fraction of sp³-hybridized carbons (Fsp3) is 0.320. The zero-order chi connectivity index (χ0) is 49.2. The fourth-order valence-corrected chi connectivity index (χ4v) is 9.42. The SMILES string of the molecule is Cn1c(=O)c2c(nc(N3CCN[C@H](Cc4ccc(F)cc4)C3)n2Cc2ccccc2)n(C)c1=O.Cn1c(=O)c2c(nc(N3CCN[C@H](Cc4ccc([N+](=O)[O-])cc4)C3)n2Cc2ccccc2)n(C)c1=O. The molecule has 2 aliphatic heterocycles. The molecule has 0 saturated carbocycles. The highest BCUT2D eigenvalue weighted by Crippen LogP contribution is 2.25. The predicted octanol–water partition coefficient (Wildman–Crippen LogP) is 3.05. The van der Waals surface area contributed by atoms with Gasteiger partial charge in [0.15, 0.2) is 22.3 Å². The highest BCUT2D eigenvalue weighted by molar-refractivity contribution is 5.76. The van der Waals surface area contributed by atoms with Crippen LogP contribution in [0.5, 0.6) is 0 Å². The topological polar surface area (TPSA) is 197 Å². The van der Waals surface area contributed by atoms with Crippen molar-refractivity contribution >= 4 is 39.9 Å². The van der Waals surface area contributed by atoms with Crippen molar-refractivity contribution in [3.63, 3.8) is 0 Å². The molecule has 2 aliphatic rings. The van der Waals surface area contributed by atoms with Crippen molar-refractivity contribution in [2.75, 3.05) is 49.1 Å². The highest BCUT2D eigenvalue weighted by atomic mass is 19.1. The zero-order valence-electron chi connectivity index (χ0n) is 39.4. The molecule has 8 aromatic rings. The van der Waals surface area contributed by atoms with Crippen molar-refractivity contribution in [3.05, 3.63) is 189 Å². The Morgan fingerprint density at radius 3 is 1.37 bits per heavy atom. The van der Waals surface area contributed by atoms with Gasteiger partial charge in [0.2, 0.25) is 11.9 Å². The summed E-state index contributed by atoms with van der Waals surface area (Å²) in [5, 5.41) is 18.0. The van der Waals surface area contributed by atoms with Gasteiger partial charge in [-0.2, -0.15) is 9.97 Å². The summed E-state index contributed by atoms with van der Waals surface area (Å²) < 4.78 is 22.2. The van der Waals surface area contributed by atoms with Crippen molar-refractivity contribution in [2.24, 2.45) is 28.2 Å². The first kappa shape index (κ1) is 47.1. The van der Waals surface area contributed by atoms with Crippen molar-refractivity contribution in [2.45, 2.75) is 38.0 Å². The molecule has 4 aromatic carbocycles. The lowest BCUT2D eigenvalue weighted by Gasteiger charge is -2.34. The second-order valence-corrected chi connectivity index (χ2v) is 17.9. The number of hydrogen-bond acceptors (Lipinski definition) is 12. The van der Waals surface area contributed by atoms with E-state index in [1.807, 2.05) is 69.8 Å². The monoisotopic (exact) mass is 951 g/mol. The maximum atomic E-state index is 13.3. The van der Waals surface area contributed by atoms with Crippen LogP contribution in [0.2, 0.25) is 0 Å². The maximum Gasteiger partial charge on any atom is 0.332 e. The molecule has 6 heterocycles. The van der Waals surface area contributed by atoms with E-state index in [2.05, 4.69) is 20.4 Å². The zero-order valence-corrected chi connectivity index (χ0v) is 39.4. The minimum Gasteiger partial charge on any atom is -0.339 e. The minimum absolute atomic E-state index is 0.0683. The number of aryl methyl sites for hydroxylation is 2.